The summed E-state index contributed by atoms with van der Waals surface area (Å²) in [5, 5.41) is 23.2. The first-order valence-electron chi connectivity index (χ1n) is 8.18. The van der Waals surface area contributed by atoms with Crippen LogP contribution in [0.3, 0.4) is 0 Å². The number of nitro benzene ring substituents is 1. The van der Waals surface area contributed by atoms with E-state index in [2.05, 4.69) is 5.32 Å². The molecule has 2 rings (SSSR count). The quantitative estimate of drug-likeness (QED) is 0.492. The Hall–Kier alpha value is -3.41. The van der Waals surface area contributed by atoms with Crippen molar-refractivity contribution in [2.75, 3.05) is 6.54 Å². The zero-order valence-electron chi connectivity index (χ0n) is 15.5. The molecule has 1 N–H and O–H groups in total. The van der Waals surface area contributed by atoms with Gasteiger partial charge in [0.15, 0.2) is 0 Å². The Morgan fingerprint density at radius 3 is 2.67 bits per heavy atom. The Morgan fingerprint density at radius 1 is 1.44 bits per heavy atom. The average molecular weight is 372 g/mol. The summed E-state index contributed by atoms with van der Waals surface area (Å²) in [6.07, 6.45) is 0. The Bertz CT molecular complexity index is 863. The molecule has 0 saturated heterocycles. The van der Waals surface area contributed by atoms with Gasteiger partial charge in [-0.05, 0) is 33.3 Å². The molecular weight excluding hydrogens is 352 g/mol. The maximum Gasteiger partial charge on any atom is 0.326 e. The fourth-order valence-electron chi connectivity index (χ4n) is 2.75. The number of urea groups is 1. The molecular formula is C18H20N4O5. The molecule has 0 bridgehead atoms. The lowest BCUT2D eigenvalue weighted by Gasteiger charge is -2.36. The number of esters is 1. The summed E-state index contributed by atoms with van der Waals surface area (Å²) in [6, 6.07) is 6.14. The summed E-state index contributed by atoms with van der Waals surface area (Å²) in [6.45, 7) is 6.25. The van der Waals surface area contributed by atoms with Gasteiger partial charge in [-0.1, -0.05) is 12.1 Å². The van der Waals surface area contributed by atoms with Crippen LogP contribution in [0.1, 0.15) is 39.3 Å². The van der Waals surface area contributed by atoms with Crippen LogP contribution in [0.2, 0.25) is 0 Å². The second kappa shape index (κ2) is 7.45. The number of ether oxygens (including phenoxy) is 1. The maximum atomic E-state index is 12.5. The topological polar surface area (TPSA) is 126 Å². The van der Waals surface area contributed by atoms with E-state index in [-0.39, 0.29) is 11.3 Å². The number of amides is 2. The highest BCUT2D eigenvalue weighted by Crippen LogP contribution is 2.34. The van der Waals surface area contributed by atoms with Gasteiger partial charge in [0, 0.05) is 17.8 Å². The van der Waals surface area contributed by atoms with Gasteiger partial charge in [0.05, 0.1) is 22.6 Å². The molecule has 1 aromatic carbocycles. The zero-order valence-corrected chi connectivity index (χ0v) is 15.5. The highest BCUT2D eigenvalue weighted by Gasteiger charge is 2.37. The SMILES string of the molecule is CC1=C(C#N)C(c2cccc([N+](=O)[O-])c2)N(CC(=O)OC(C)(C)C)C(=O)N1. The maximum absolute atomic E-state index is 12.5. The molecule has 1 aromatic rings. The Morgan fingerprint density at radius 2 is 2.11 bits per heavy atom. The summed E-state index contributed by atoms with van der Waals surface area (Å²) in [7, 11) is 0. The minimum Gasteiger partial charge on any atom is -0.459 e. The molecule has 0 aromatic heterocycles. The molecule has 2 amide bonds. The number of nitrogens with one attached hydrogen (secondary N) is 1. The standard InChI is InChI=1S/C18H20N4O5/c1-11-14(9-19)16(12-6-5-7-13(8-12)22(25)26)21(17(24)20-11)10-15(23)27-18(2,3)4/h5-8,16H,10H2,1-4H3,(H,20,24). The van der Waals surface area contributed by atoms with E-state index in [4.69, 9.17) is 4.74 Å². The molecule has 0 spiro atoms. The molecule has 0 aliphatic carbocycles. The van der Waals surface area contributed by atoms with Crippen LogP contribution in [-0.2, 0) is 9.53 Å². The van der Waals surface area contributed by atoms with Gasteiger partial charge >= 0.3 is 12.0 Å². The summed E-state index contributed by atoms with van der Waals surface area (Å²) in [5.41, 5.74) is -0.0315. The Kier molecular flexibility index (Phi) is 5.49. The van der Waals surface area contributed by atoms with Crippen molar-refractivity contribution in [2.45, 2.75) is 39.3 Å². The third kappa shape index (κ3) is 4.61. The first-order chi connectivity index (χ1) is 12.5. The average Bonchev–Trinajstić information content (AvgIpc) is 2.55. The number of hydrogen-bond donors (Lipinski definition) is 1. The molecule has 9 heteroatoms. The van der Waals surface area contributed by atoms with Gasteiger partial charge in [0.2, 0.25) is 0 Å². The number of carbonyl (C=O) groups is 2. The van der Waals surface area contributed by atoms with E-state index in [0.717, 1.165) is 4.90 Å². The molecule has 1 unspecified atom stereocenters. The number of carbonyl (C=O) groups excluding carboxylic acids is 2. The van der Waals surface area contributed by atoms with Gasteiger partial charge in [-0.3, -0.25) is 14.9 Å². The largest absolute Gasteiger partial charge is 0.459 e. The lowest BCUT2D eigenvalue weighted by atomic mass is 9.94. The predicted octanol–water partition coefficient (Wildman–Crippen LogP) is 2.80. The number of allylic oxidation sites excluding steroid dienone is 1. The number of non-ortho nitro benzene ring substituents is 1. The van der Waals surface area contributed by atoms with E-state index in [1.807, 2.05) is 6.07 Å². The van der Waals surface area contributed by atoms with Gasteiger partial charge in [0.1, 0.15) is 12.1 Å². The van der Waals surface area contributed by atoms with Gasteiger partial charge in [-0.25, -0.2) is 4.79 Å². The Labute approximate surface area is 156 Å². The second-order valence-electron chi connectivity index (χ2n) is 7.05. The molecule has 9 nitrogen and oxygen atoms in total. The van der Waals surface area contributed by atoms with Gasteiger partial charge in [0.25, 0.3) is 5.69 Å². The molecule has 142 valence electrons. The van der Waals surface area contributed by atoms with E-state index < -0.39 is 35.1 Å². The smallest absolute Gasteiger partial charge is 0.326 e. The van der Waals surface area contributed by atoms with Crippen molar-refractivity contribution < 1.29 is 19.2 Å². The summed E-state index contributed by atoms with van der Waals surface area (Å²) in [5.74, 6) is -0.648. The third-order valence-corrected chi connectivity index (χ3v) is 3.78. The van der Waals surface area contributed by atoms with E-state index in [9.17, 15) is 25.0 Å². The van der Waals surface area contributed by atoms with E-state index >= 15 is 0 Å². The first-order valence-corrected chi connectivity index (χ1v) is 8.18. The molecule has 0 fully saturated rings. The summed E-state index contributed by atoms with van der Waals surface area (Å²) in [4.78, 5) is 36.4. The number of nitrogens with zero attached hydrogens (tertiary/aromatic N) is 3. The molecule has 0 saturated carbocycles. The normalized spacial score (nSPS) is 17.2. The molecule has 1 heterocycles. The number of hydrogen-bond acceptors (Lipinski definition) is 6. The van der Waals surface area contributed by atoms with Crippen molar-refractivity contribution in [1.82, 2.24) is 10.2 Å². The van der Waals surface area contributed by atoms with Crippen molar-refractivity contribution in [2.24, 2.45) is 0 Å². The van der Waals surface area contributed by atoms with Crippen LogP contribution >= 0.6 is 0 Å². The van der Waals surface area contributed by atoms with Crippen LogP contribution in [0, 0.1) is 21.4 Å². The fourth-order valence-corrected chi connectivity index (χ4v) is 2.75. The number of benzene rings is 1. The molecule has 27 heavy (non-hydrogen) atoms. The van der Waals surface area contributed by atoms with Crippen LogP contribution < -0.4 is 5.32 Å². The number of rotatable bonds is 4. The minimum absolute atomic E-state index is 0.175. The van der Waals surface area contributed by atoms with E-state index in [0.29, 0.717) is 11.3 Å². The third-order valence-electron chi connectivity index (χ3n) is 3.78. The van der Waals surface area contributed by atoms with Crippen LogP contribution in [0.15, 0.2) is 35.5 Å². The number of nitriles is 1. The summed E-state index contributed by atoms with van der Waals surface area (Å²) < 4.78 is 5.26. The van der Waals surface area contributed by atoms with Crippen molar-refractivity contribution in [3.05, 3.63) is 51.2 Å². The molecule has 0 radical (unpaired) electrons. The van der Waals surface area contributed by atoms with Crippen LogP contribution in [0.25, 0.3) is 0 Å². The monoisotopic (exact) mass is 372 g/mol. The van der Waals surface area contributed by atoms with Gasteiger partial charge < -0.3 is 15.0 Å². The molecule has 1 aliphatic rings. The van der Waals surface area contributed by atoms with Crippen LogP contribution in [0.5, 0.6) is 0 Å². The number of nitro groups is 1. The van der Waals surface area contributed by atoms with E-state index in [1.165, 1.54) is 18.2 Å². The van der Waals surface area contributed by atoms with Crippen molar-refractivity contribution in [3.8, 4) is 6.07 Å². The highest BCUT2D eigenvalue weighted by molar-refractivity contribution is 5.84. The lowest BCUT2D eigenvalue weighted by Crippen LogP contribution is -2.49. The molecule has 1 aliphatic heterocycles. The van der Waals surface area contributed by atoms with Crippen LogP contribution in [-0.4, -0.2) is 34.0 Å². The van der Waals surface area contributed by atoms with Crippen LogP contribution in [0.4, 0.5) is 10.5 Å². The minimum atomic E-state index is -0.934. The fraction of sp³-hybridized carbons (Fsp3) is 0.389. The first kappa shape index (κ1) is 19.9. The Balaban J connectivity index is 2.48. The summed E-state index contributed by atoms with van der Waals surface area (Å²) >= 11 is 0. The molecule has 1 atom stereocenters. The van der Waals surface area contributed by atoms with Gasteiger partial charge in [-0.15, -0.1) is 0 Å². The van der Waals surface area contributed by atoms with E-state index in [1.54, 1.807) is 33.8 Å². The lowest BCUT2D eigenvalue weighted by molar-refractivity contribution is -0.384. The highest BCUT2D eigenvalue weighted by atomic mass is 16.6. The predicted molar refractivity (Wildman–Crippen MR) is 95.2 cm³/mol. The van der Waals surface area contributed by atoms with Crippen molar-refractivity contribution in [3.63, 3.8) is 0 Å². The van der Waals surface area contributed by atoms with Crippen molar-refractivity contribution in [1.29, 1.82) is 5.26 Å². The zero-order chi connectivity index (χ0) is 20.4. The van der Waals surface area contributed by atoms with Gasteiger partial charge in [-0.2, -0.15) is 5.26 Å². The van der Waals surface area contributed by atoms with Crippen molar-refractivity contribution >= 4 is 17.7 Å². The second-order valence-corrected chi connectivity index (χ2v) is 7.05.